The molecule has 42 heavy (non-hydrogen) atoms. The van der Waals surface area contributed by atoms with Gasteiger partial charge < -0.3 is 9.84 Å². The van der Waals surface area contributed by atoms with Crippen LogP contribution < -0.4 is 4.72 Å². The van der Waals surface area contributed by atoms with E-state index in [1.54, 1.807) is 18.2 Å². The van der Waals surface area contributed by atoms with Crippen molar-refractivity contribution < 1.29 is 36.2 Å². The fourth-order valence-corrected chi connectivity index (χ4v) is 6.33. The Hall–Kier alpha value is -3.86. The number of anilines is 1. The van der Waals surface area contributed by atoms with Crippen molar-refractivity contribution in [3.05, 3.63) is 101 Å². The Balaban J connectivity index is 1.56. The summed E-state index contributed by atoms with van der Waals surface area (Å²) in [5.41, 5.74) is -0.205. The number of alkyl halides is 3. The Morgan fingerprint density at radius 1 is 1.05 bits per heavy atom. The third-order valence-electron chi connectivity index (χ3n) is 7.39. The summed E-state index contributed by atoms with van der Waals surface area (Å²) in [7, 11) is -4.30. The minimum atomic E-state index is -4.65. The van der Waals surface area contributed by atoms with Crippen LogP contribution in [0.2, 0.25) is 0 Å². The molecule has 0 aliphatic carbocycles. The van der Waals surface area contributed by atoms with E-state index in [-0.39, 0.29) is 11.4 Å². The SMILES string of the molecule is CCC[C@@]1(CCc2ccccc2)C=C(O)C([C@H](CC)c2cccc(NS(=O)(=O)c3ccc(C(F)(F)F)cn3)c2)C(=O)O1. The van der Waals surface area contributed by atoms with Crippen LogP contribution in [0.15, 0.2) is 89.8 Å². The summed E-state index contributed by atoms with van der Waals surface area (Å²) in [5.74, 6) is -2.15. The zero-order chi connectivity index (χ0) is 30.5. The highest BCUT2D eigenvalue weighted by Crippen LogP contribution is 2.42. The van der Waals surface area contributed by atoms with Crippen LogP contribution in [-0.4, -0.2) is 30.1 Å². The molecule has 11 heteroatoms. The summed E-state index contributed by atoms with van der Waals surface area (Å²) in [6.45, 7) is 3.83. The standard InChI is InChI=1S/C31H33F3N2O5S/c1-3-16-30(17-15-21-9-6-5-7-10-21)19-26(37)28(29(38)41-30)25(4-2)22-11-8-12-24(18-22)36-42(39,40)27-14-13-23(20-35-27)31(32,33)34/h5-14,18-20,25,28,36-37H,3-4,15-17H2,1-2H3/t25-,28?,30-/m1/s1. The fourth-order valence-electron chi connectivity index (χ4n) is 5.35. The third-order valence-corrected chi connectivity index (χ3v) is 8.68. The number of carbonyl (C=O) groups is 1. The van der Waals surface area contributed by atoms with E-state index in [0.29, 0.717) is 43.5 Å². The van der Waals surface area contributed by atoms with Crippen LogP contribution in [0, 0.1) is 5.92 Å². The molecule has 3 aromatic rings. The number of cyclic esters (lactones) is 1. The number of esters is 1. The summed E-state index contributed by atoms with van der Waals surface area (Å²) >= 11 is 0. The molecule has 3 atom stereocenters. The van der Waals surface area contributed by atoms with E-state index in [9.17, 15) is 31.5 Å². The minimum absolute atomic E-state index is 0.0838. The lowest BCUT2D eigenvalue weighted by Gasteiger charge is -2.38. The molecule has 0 amide bonds. The van der Waals surface area contributed by atoms with Gasteiger partial charge in [-0.1, -0.05) is 62.7 Å². The number of aliphatic hydroxyl groups is 1. The largest absolute Gasteiger partial charge is 0.512 e. The average Bonchev–Trinajstić information content (AvgIpc) is 2.94. The van der Waals surface area contributed by atoms with Gasteiger partial charge >= 0.3 is 12.1 Å². The highest BCUT2D eigenvalue weighted by molar-refractivity contribution is 7.92. The molecule has 224 valence electrons. The number of carbonyl (C=O) groups excluding carboxylic acids is 1. The van der Waals surface area contributed by atoms with Gasteiger partial charge in [-0.05, 0) is 67.2 Å². The van der Waals surface area contributed by atoms with Crippen molar-refractivity contribution in [1.29, 1.82) is 0 Å². The van der Waals surface area contributed by atoms with Crippen LogP contribution in [-0.2, 0) is 32.2 Å². The Labute approximate surface area is 243 Å². The lowest BCUT2D eigenvalue weighted by molar-refractivity contribution is -0.165. The minimum Gasteiger partial charge on any atom is -0.512 e. The highest BCUT2D eigenvalue weighted by Gasteiger charge is 2.44. The van der Waals surface area contributed by atoms with Crippen molar-refractivity contribution in [2.45, 2.75) is 68.7 Å². The highest BCUT2D eigenvalue weighted by atomic mass is 32.2. The van der Waals surface area contributed by atoms with Crippen molar-refractivity contribution in [2.24, 2.45) is 5.92 Å². The van der Waals surface area contributed by atoms with Crippen LogP contribution in [0.25, 0.3) is 0 Å². The lowest BCUT2D eigenvalue weighted by Crippen LogP contribution is -2.43. The number of aliphatic hydroxyl groups excluding tert-OH is 1. The second-order valence-electron chi connectivity index (χ2n) is 10.4. The van der Waals surface area contributed by atoms with Gasteiger partial charge in [-0.2, -0.15) is 21.6 Å². The van der Waals surface area contributed by atoms with Gasteiger partial charge in [0.25, 0.3) is 10.0 Å². The fraction of sp³-hybridized carbons (Fsp3) is 0.355. The number of sulfonamides is 1. The molecule has 0 fully saturated rings. The Morgan fingerprint density at radius 2 is 1.79 bits per heavy atom. The van der Waals surface area contributed by atoms with Gasteiger partial charge in [-0.25, -0.2) is 4.98 Å². The number of benzene rings is 2. The van der Waals surface area contributed by atoms with Crippen LogP contribution in [0.5, 0.6) is 0 Å². The molecule has 0 saturated heterocycles. The molecule has 1 aliphatic heterocycles. The molecule has 4 rings (SSSR count). The van der Waals surface area contributed by atoms with E-state index in [1.807, 2.05) is 44.2 Å². The first-order valence-corrected chi connectivity index (χ1v) is 15.2. The van der Waals surface area contributed by atoms with Crippen molar-refractivity contribution in [3.8, 4) is 0 Å². The maximum absolute atomic E-state index is 13.5. The second kappa shape index (κ2) is 12.6. The van der Waals surface area contributed by atoms with Gasteiger partial charge in [0.2, 0.25) is 0 Å². The zero-order valence-electron chi connectivity index (χ0n) is 23.3. The molecule has 7 nitrogen and oxygen atoms in total. The number of hydrogen-bond donors (Lipinski definition) is 2. The number of pyridine rings is 1. The Kier molecular flexibility index (Phi) is 9.30. The van der Waals surface area contributed by atoms with Crippen LogP contribution in [0.4, 0.5) is 18.9 Å². The number of rotatable bonds is 11. The average molecular weight is 603 g/mol. The van der Waals surface area contributed by atoms with Crippen LogP contribution in [0.1, 0.15) is 62.1 Å². The number of nitrogens with one attached hydrogen (secondary N) is 1. The summed E-state index contributed by atoms with van der Waals surface area (Å²) in [4.78, 5) is 16.9. The van der Waals surface area contributed by atoms with E-state index < -0.39 is 50.2 Å². The predicted molar refractivity (Wildman–Crippen MR) is 152 cm³/mol. The molecule has 0 radical (unpaired) electrons. The first-order valence-electron chi connectivity index (χ1n) is 13.7. The van der Waals surface area contributed by atoms with Crippen molar-refractivity contribution >= 4 is 21.7 Å². The maximum Gasteiger partial charge on any atom is 0.417 e. The van der Waals surface area contributed by atoms with Crippen molar-refractivity contribution in [2.75, 3.05) is 4.72 Å². The van der Waals surface area contributed by atoms with E-state index in [2.05, 4.69) is 9.71 Å². The molecule has 0 saturated carbocycles. The van der Waals surface area contributed by atoms with Crippen LogP contribution in [0.3, 0.4) is 0 Å². The quantitative estimate of drug-likeness (QED) is 0.225. The van der Waals surface area contributed by atoms with Crippen molar-refractivity contribution in [1.82, 2.24) is 4.98 Å². The molecule has 2 heterocycles. The molecule has 1 aliphatic rings. The number of halogens is 3. The summed E-state index contributed by atoms with van der Waals surface area (Å²) in [6, 6.07) is 17.5. The number of ether oxygens (including phenoxy) is 1. The zero-order valence-corrected chi connectivity index (χ0v) is 24.1. The van der Waals surface area contributed by atoms with E-state index in [0.717, 1.165) is 18.1 Å². The van der Waals surface area contributed by atoms with E-state index >= 15 is 0 Å². The smallest absolute Gasteiger partial charge is 0.417 e. The molecule has 2 N–H and O–H groups in total. The molecule has 2 aromatic carbocycles. The summed E-state index contributed by atoms with van der Waals surface area (Å²) in [6.07, 6.45) is 0.355. The van der Waals surface area contributed by atoms with Crippen LogP contribution >= 0.6 is 0 Å². The molecule has 1 aromatic heterocycles. The number of hydrogen-bond acceptors (Lipinski definition) is 6. The number of aryl methyl sites for hydroxylation is 1. The number of nitrogens with zero attached hydrogens (tertiary/aromatic N) is 1. The van der Waals surface area contributed by atoms with Gasteiger partial charge in [-0.3, -0.25) is 9.52 Å². The van der Waals surface area contributed by atoms with Gasteiger partial charge in [-0.15, -0.1) is 0 Å². The Bertz CT molecular complexity index is 1530. The summed E-state index contributed by atoms with van der Waals surface area (Å²) in [5, 5.41) is 10.6. The van der Waals surface area contributed by atoms with Gasteiger partial charge in [0, 0.05) is 17.8 Å². The van der Waals surface area contributed by atoms with Gasteiger partial charge in [0.05, 0.1) is 5.56 Å². The van der Waals surface area contributed by atoms with E-state index in [1.165, 1.54) is 12.1 Å². The molecular formula is C31H33F3N2O5S. The molecule has 1 unspecified atom stereocenters. The second-order valence-corrected chi connectivity index (χ2v) is 12.0. The summed E-state index contributed by atoms with van der Waals surface area (Å²) < 4.78 is 72.6. The normalized spacial score (nSPS) is 20.0. The monoisotopic (exact) mass is 602 g/mol. The van der Waals surface area contributed by atoms with E-state index in [4.69, 9.17) is 4.74 Å². The molecule has 0 spiro atoms. The maximum atomic E-state index is 13.5. The first kappa shape index (κ1) is 31.1. The molecule has 0 bridgehead atoms. The first-order chi connectivity index (χ1) is 19.9. The number of aromatic nitrogens is 1. The lowest BCUT2D eigenvalue weighted by atomic mass is 9.78. The van der Waals surface area contributed by atoms with Gasteiger partial charge in [0.15, 0.2) is 5.03 Å². The van der Waals surface area contributed by atoms with Gasteiger partial charge in [0.1, 0.15) is 17.3 Å². The topological polar surface area (TPSA) is 106 Å². The molecular weight excluding hydrogens is 569 g/mol. The van der Waals surface area contributed by atoms with Crippen molar-refractivity contribution in [3.63, 3.8) is 0 Å². The Morgan fingerprint density at radius 3 is 2.38 bits per heavy atom. The third kappa shape index (κ3) is 7.13. The predicted octanol–water partition coefficient (Wildman–Crippen LogP) is 7.18.